The molecule has 1 aliphatic rings. The van der Waals surface area contributed by atoms with Crippen LogP contribution in [0.3, 0.4) is 0 Å². The Morgan fingerprint density at radius 1 is 1.90 bits per heavy atom. The molecule has 1 rings (SSSR count). The van der Waals surface area contributed by atoms with Crippen LogP contribution < -0.4 is 5.32 Å². The van der Waals surface area contributed by atoms with E-state index in [1.54, 1.807) is 13.1 Å². The SMILES string of the molecule is CCC(=O)NC1=NCC=N1. The molecular weight excluding hydrogens is 130 g/mol. The second-order valence-corrected chi connectivity index (χ2v) is 1.88. The van der Waals surface area contributed by atoms with E-state index in [0.29, 0.717) is 18.9 Å². The minimum absolute atomic E-state index is 0.0437. The zero-order chi connectivity index (χ0) is 7.40. The summed E-state index contributed by atoms with van der Waals surface area (Å²) in [6.07, 6.45) is 2.12. The average molecular weight is 139 g/mol. The first-order valence-corrected chi connectivity index (χ1v) is 3.19. The van der Waals surface area contributed by atoms with Crippen molar-refractivity contribution in [3.63, 3.8) is 0 Å². The molecule has 0 spiro atoms. The smallest absolute Gasteiger partial charge is 0.226 e. The van der Waals surface area contributed by atoms with Crippen molar-refractivity contribution in [2.24, 2.45) is 9.98 Å². The van der Waals surface area contributed by atoms with Gasteiger partial charge in [-0.05, 0) is 0 Å². The molecule has 0 aliphatic carbocycles. The Labute approximate surface area is 59.1 Å². The number of hydrogen-bond acceptors (Lipinski definition) is 3. The van der Waals surface area contributed by atoms with Crippen LogP contribution in [0.4, 0.5) is 0 Å². The van der Waals surface area contributed by atoms with E-state index in [2.05, 4.69) is 15.3 Å². The number of aliphatic imine (C=N–C) groups is 2. The highest BCUT2D eigenvalue weighted by Crippen LogP contribution is 1.85. The zero-order valence-electron chi connectivity index (χ0n) is 5.79. The summed E-state index contributed by atoms with van der Waals surface area (Å²) in [6, 6.07) is 0. The Kier molecular flexibility index (Phi) is 2.15. The molecule has 1 aliphatic heterocycles. The number of carbonyl (C=O) groups is 1. The van der Waals surface area contributed by atoms with E-state index in [1.807, 2.05) is 0 Å². The number of nitrogens with one attached hydrogen (secondary N) is 1. The normalized spacial score (nSPS) is 15.1. The van der Waals surface area contributed by atoms with Gasteiger partial charge in [0.1, 0.15) is 0 Å². The number of amides is 1. The summed E-state index contributed by atoms with van der Waals surface area (Å²) < 4.78 is 0. The lowest BCUT2D eigenvalue weighted by Gasteiger charge is -1.96. The second-order valence-electron chi connectivity index (χ2n) is 1.88. The molecular formula is C6H9N3O. The molecule has 4 heteroatoms. The first-order valence-electron chi connectivity index (χ1n) is 3.19. The third-order valence-corrected chi connectivity index (χ3v) is 1.11. The Balaban J connectivity index is 2.38. The molecule has 0 saturated carbocycles. The van der Waals surface area contributed by atoms with Gasteiger partial charge in [0.2, 0.25) is 11.9 Å². The van der Waals surface area contributed by atoms with Crippen molar-refractivity contribution in [2.45, 2.75) is 13.3 Å². The summed E-state index contributed by atoms with van der Waals surface area (Å²) in [5, 5.41) is 2.54. The van der Waals surface area contributed by atoms with Crippen LogP contribution in [-0.2, 0) is 4.79 Å². The zero-order valence-corrected chi connectivity index (χ0v) is 5.79. The minimum Gasteiger partial charge on any atom is -0.295 e. The van der Waals surface area contributed by atoms with Crippen molar-refractivity contribution in [3.05, 3.63) is 0 Å². The minimum atomic E-state index is -0.0437. The van der Waals surface area contributed by atoms with Gasteiger partial charge in [-0.15, -0.1) is 0 Å². The van der Waals surface area contributed by atoms with E-state index in [9.17, 15) is 4.79 Å². The van der Waals surface area contributed by atoms with Crippen LogP contribution in [0.15, 0.2) is 9.98 Å². The highest BCUT2D eigenvalue weighted by molar-refractivity contribution is 6.02. The predicted octanol–water partition coefficient (Wildman–Crippen LogP) is -0.0470. The molecule has 10 heavy (non-hydrogen) atoms. The van der Waals surface area contributed by atoms with Crippen LogP contribution in [-0.4, -0.2) is 24.6 Å². The summed E-state index contributed by atoms with van der Waals surface area (Å²) in [6.45, 7) is 2.37. The maximum atomic E-state index is 10.7. The van der Waals surface area contributed by atoms with Gasteiger partial charge in [-0.1, -0.05) is 6.92 Å². The number of guanidine groups is 1. The topological polar surface area (TPSA) is 53.8 Å². The molecule has 0 bridgehead atoms. The van der Waals surface area contributed by atoms with Gasteiger partial charge in [0, 0.05) is 12.6 Å². The van der Waals surface area contributed by atoms with Crippen LogP contribution in [0.2, 0.25) is 0 Å². The van der Waals surface area contributed by atoms with E-state index in [0.717, 1.165) is 0 Å². The maximum Gasteiger partial charge on any atom is 0.226 e. The van der Waals surface area contributed by atoms with Gasteiger partial charge in [0.05, 0.1) is 6.54 Å². The van der Waals surface area contributed by atoms with Crippen molar-refractivity contribution >= 4 is 18.1 Å². The Morgan fingerprint density at radius 2 is 2.70 bits per heavy atom. The van der Waals surface area contributed by atoms with Gasteiger partial charge in [0.15, 0.2) is 0 Å². The molecule has 1 amide bonds. The molecule has 0 aromatic carbocycles. The van der Waals surface area contributed by atoms with Crippen LogP contribution >= 0.6 is 0 Å². The molecule has 0 saturated heterocycles. The van der Waals surface area contributed by atoms with Crippen LogP contribution in [0, 0.1) is 0 Å². The number of nitrogens with zero attached hydrogens (tertiary/aromatic N) is 2. The summed E-state index contributed by atoms with van der Waals surface area (Å²) >= 11 is 0. The largest absolute Gasteiger partial charge is 0.295 e. The van der Waals surface area contributed by atoms with Gasteiger partial charge < -0.3 is 0 Å². The molecule has 0 unspecified atom stereocenters. The van der Waals surface area contributed by atoms with Gasteiger partial charge in [-0.2, -0.15) is 0 Å². The van der Waals surface area contributed by atoms with E-state index in [1.165, 1.54) is 0 Å². The van der Waals surface area contributed by atoms with E-state index in [-0.39, 0.29) is 5.91 Å². The molecule has 4 nitrogen and oxygen atoms in total. The fourth-order valence-electron chi connectivity index (χ4n) is 0.580. The third-order valence-electron chi connectivity index (χ3n) is 1.11. The second kappa shape index (κ2) is 3.10. The quantitative estimate of drug-likeness (QED) is 0.544. The Bertz CT molecular complexity index is 195. The standard InChI is InChI=1S/C6H9N3O/c1-2-5(10)9-6-7-3-4-8-6/h3H,2,4H2,1H3,(H,8,9,10). The van der Waals surface area contributed by atoms with Crippen LogP contribution in [0.1, 0.15) is 13.3 Å². The van der Waals surface area contributed by atoms with Crippen LogP contribution in [0.5, 0.6) is 0 Å². The molecule has 1 heterocycles. The van der Waals surface area contributed by atoms with Crippen molar-refractivity contribution in [2.75, 3.05) is 6.54 Å². The Morgan fingerprint density at radius 3 is 3.20 bits per heavy atom. The highest BCUT2D eigenvalue weighted by Gasteiger charge is 2.03. The van der Waals surface area contributed by atoms with Crippen molar-refractivity contribution in [1.29, 1.82) is 0 Å². The van der Waals surface area contributed by atoms with Gasteiger partial charge >= 0.3 is 0 Å². The van der Waals surface area contributed by atoms with Gasteiger partial charge in [-0.3, -0.25) is 10.1 Å². The lowest BCUT2D eigenvalue weighted by molar-refractivity contribution is -0.119. The first-order chi connectivity index (χ1) is 4.83. The molecule has 0 aromatic rings. The lowest BCUT2D eigenvalue weighted by Crippen LogP contribution is -2.27. The summed E-state index contributed by atoms with van der Waals surface area (Å²) in [7, 11) is 0. The fraction of sp³-hybridized carbons (Fsp3) is 0.500. The third kappa shape index (κ3) is 1.65. The molecule has 0 fully saturated rings. The molecule has 0 atom stereocenters. The molecule has 1 N–H and O–H groups in total. The van der Waals surface area contributed by atoms with Gasteiger partial charge in [-0.25, -0.2) is 9.98 Å². The summed E-state index contributed by atoms with van der Waals surface area (Å²) in [5.74, 6) is 0.393. The first kappa shape index (κ1) is 6.92. The fourth-order valence-corrected chi connectivity index (χ4v) is 0.580. The number of carbonyl (C=O) groups excluding carboxylic acids is 1. The predicted molar refractivity (Wildman–Crippen MR) is 39.2 cm³/mol. The number of hydrogen-bond donors (Lipinski definition) is 1. The maximum absolute atomic E-state index is 10.7. The van der Waals surface area contributed by atoms with Crippen molar-refractivity contribution < 1.29 is 4.79 Å². The van der Waals surface area contributed by atoms with Gasteiger partial charge in [0.25, 0.3) is 0 Å². The van der Waals surface area contributed by atoms with E-state index in [4.69, 9.17) is 0 Å². The molecule has 0 aromatic heterocycles. The Hall–Kier alpha value is -1.19. The average Bonchev–Trinajstić information content (AvgIpc) is 2.40. The van der Waals surface area contributed by atoms with Crippen LogP contribution in [0.25, 0.3) is 0 Å². The summed E-state index contributed by atoms with van der Waals surface area (Å²) in [4.78, 5) is 18.4. The summed E-state index contributed by atoms with van der Waals surface area (Å²) in [5.41, 5.74) is 0. The lowest BCUT2D eigenvalue weighted by atomic mass is 10.5. The monoisotopic (exact) mass is 139 g/mol. The van der Waals surface area contributed by atoms with Crippen molar-refractivity contribution in [3.8, 4) is 0 Å². The highest BCUT2D eigenvalue weighted by atomic mass is 16.1. The molecule has 0 radical (unpaired) electrons. The van der Waals surface area contributed by atoms with E-state index >= 15 is 0 Å². The van der Waals surface area contributed by atoms with Crippen molar-refractivity contribution in [1.82, 2.24) is 5.32 Å². The number of rotatable bonds is 1. The van der Waals surface area contributed by atoms with E-state index < -0.39 is 0 Å². The molecule has 54 valence electrons.